The molecule has 0 radical (unpaired) electrons. The Morgan fingerprint density at radius 1 is 1.04 bits per heavy atom. The van der Waals surface area contributed by atoms with E-state index >= 15 is 0 Å². The predicted octanol–water partition coefficient (Wildman–Crippen LogP) is 3.12. The molecule has 128 valence electrons. The minimum atomic E-state index is -0.389. The fourth-order valence-corrected chi connectivity index (χ4v) is 2.05. The summed E-state index contributed by atoms with van der Waals surface area (Å²) in [4.78, 5) is 26.4. The summed E-state index contributed by atoms with van der Waals surface area (Å²) in [5.74, 6) is -0.435. The number of rotatable bonds is 5. The maximum Gasteiger partial charge on any atom is 0.339 e. The molecule has 0 fully saturated rings. The Morgan fingerprint density at radius 2 is 1.67 bits per heavy atom. The molecule has 0 spiro atoms. The van der Waals surface area contributed by atoms with E-state index < -0.39 is 0 Å². The summed E-state index contributed by atoms with van der Waals surface area (Å²) < 4.78 is 4.69. The SMILES string of the molecule is CC.COC(=O)c1cncc(Cc2ccc(CNC(C)=O)cc2)c1. The van der Waals surface area contributed by atoms with Gasteiger partial charge in [-0.15, -0.1) is 0 Å². The lowest BCUT2D eigenvalue weighted by Crippen LogP contribution is -2.18. The average molecular weight is 328 g/mol. The maximum absolute atomic E-state index is 11.5. The largest absolute Gasteiger partial charge is 0.465 e. The average Bonchev–Trinajstić information content (AvgIpc) is 2.62. The van der Waals surface area contributed by atoms with E-state index in [0.29, 0.717) is 18.5 Å². The van der Waals surface area contributed by atoms with Gasteiger partial charge in [0.2, 0.25) is 5.91 Å². The van der Waals surface area contributed by atoms with Gasteiger partial charge in [0.1, 0.15) is 0 Å². The number of nitrogens with one attached hydrogen (secondary N) is 1. The molecule has 0 aliphatic heterocycles. The van der Waals surface area contributed by atoms with E-state index in [0.717, 1.165) is 16.7 Å². The van der Waals surface area contributed by atoms with Crippen LogP contribution in [0, 0.1) is 0 Å². The molecule has 1 amide bonds. The third-order valence-electron chi connectivity index (χ3n) is 3.19. The fourth-order valence-electron chi connectivity index (χ4n) is 2.05. The molecule has 0 atom stereocenters. The quantitative estimate of drug-likeness (QED) is 0.856. The van der Waals surface area contributed by atoms with Gasteiger partial charge in [-0.25, -0.2) is 4.79 Å². The molecule has 0 bridgehead atoms. The van der Waals surface area contributed by atoms with Crippen LogP contribution in [0.4, 0.5) is 0 Å². The van der Waals surface area contributed by atoms with Crippen molar-refractivity contribution in [1.82, 2.24) is 10.3 Å². The summed E-state index contributed by atoms with van der Waals surface area (Å²) in [6, 6.07) is 9.74. The number of hydrogen-bond acceptors (Lipinski definition) is 4. The van der Waals surface area contributed by atoms with Gasteiger partial charge in [0.05, 0.1) is 12.7 Å². The number of aromatic nitrogens is 1. The van der Waals surface area contributed by atoms with E-state index in [1.165, 1.54) is 20.2 Å². The highest BCUT2D eigenvalue weighted by Gasteiger charge is 2.07. The van der Waals surface area contributed by atoms with Gasteiger partial charge >= 0.3 is 5.97 Å². The van der Waals surface area contributed by atoms with Gasteiger partial charge in [-0.05, 0) is 29.2 Å². The first kappa shape index (κ1) is 19.4. The maximum atomic E-state index is 11.5. The van der Waals surface area contributed by atoms with E-state index in [1.807, 2.05) is 38.1 Å². The van der Waals surface area contributed by atoms with Crippen LogP contribution in [-0.4, -0.2) is 24.0 Å². The Balaban J connectivity index is 0.00000139. The number of esters is 1. The van der Waals surface area contributed by atoms with E-state index in [1.54, 1.807) is 12.3 Å². The van der Waals surface area contributed by atoms with Crippen molar-refractivity contribution in [3.05, 3.63) is 65.0 Å². The number of nitrogens with zero attached hydrogens (tertiary/aromatic N) is 1. The topological polar surface area (TPSA) is 68.3 Å². The molecule has 2 aromatic rings. The molecule has 1 aromatic carbocycles. The van der Waals surface area contributed by atoms with Crippen molar-refractivity contribution < 1.29 is 14.3 Å². The molecule has 1 aromatic heterocycles. The van der Waals surface area contributed by atoms with Crippen molar-refractivity contribution in [2.24, 2.45) is 0 Å². The van der Waals surface area contributed by atoms with E-state index in [-0.39, 0.29) is 11.9 Å². The van der Waals surface area contributed by atoms with E-state index in [2.05, 4.69) is 15.0 Å². The molecule has 5 nitrogen and oxygen atoms in total. The van der Waals surface area contributed by atoms with Crippen LogP contribution in [0.15, 0.2) is 42.7 Å². The first-order valence-corrected chi connectivity index (χ1v) is 7.93. The minimum Gasteiger partial charge on any atom is -0.465 e. The standard InChI is InChI=1S/C17H18N2O3.C2H6/c1-12(20)19-10-14-5-3-13(4-6-14)7-15-8-16(11-18-9-15)17(21)22-2;1-2/h3-6,8-9,11H,7,10H2,1-2H3,(H,19,20);1-2H3. The van der Waals surface area contributed by atoms with Crippen molar-refractivity contribution in [2.45, 2.75) is 33.7 Å². The van der Waals surface area contributed by atoms with Gasteiger partial charge in [-0.2, -0.15) is 0 Å². The van der Waals surface area contributed by atoms with Crippen LogP contribution < -0.4 is 5.32 Å². The molecule has 1 N–H and O–H groups in total. The fraction of sp³-hybridized carbons (Fsp3) is 0.316. The number of hydrogen-bond donors (Lipinski definition) is 1. The van der Waals surface area contributed by atoms with Gasteiger partial charge in [-0.1, -0.05) is 38.1 Å². The van der Waals surface area contributed by atoms with Crippen LogP contribution in [0.3, 0.4) is 0 Å². The lowest BCUT2D eigenvalue weighted by molar-refractivity contribution is -0.119. The molecule has 24 heavy (non-hydrogen) atoms. The van der Waals surface area contributed by atoms with Crippen LogP contribution in [0.1, 0.15) is 47.8 Å². The Bertz CT molecular complexity index is 667. The summed E-state index contributed by atoms with van der Waals surface area (Å²) in [6.45, 7) is 6.02. The normalized spacial score (nSPS) is 9.50. The van der Waals surface area contributed by atoms with Crippen molar-refractivity contribution in [3.63, 3.8) is 0 Å². The van der Waals surface area contributed by atoms with Crippen LogP contribution in [0.5, 0.6) is 0 Å². The number of amides is 1. The number of ether oxygens (including phenoxy) is 1. The van der Waals surface area contributed by atoms with Gasteiger partial charge < -0.3 is 10.1 Å². The summed E-state index contributed by atoms with van der Waals surface area (Å²) in [5.41, 5.74) is 3.54. The molecular formula is C19H24N2O3. The van der Waals surface area contributed by atoms with Crippen LogP contribution >= 0.6 is 0 Å². The second-order valence-electron chi connectivity index (χ2n) is 4.98. The Kier molecular flexibility index (Phi) is 8.19. The third-order valence-corrected chi connectivity index (χ3v) is 3.19. The second kappa shape index (κ2) is 10.2. The summed E-state index contributed by atoms with van der Waals surface area (Å²) in [6.07, 6.45) is 3.90. The van der Waals surface area contributed by atoms with E-state index in [9.17, 15) is 9.59 Å². The molecule has 1 heterocycles. The Labute approximate surface area is 143 Å². The highest BCUT2D eigenvalue weighted by atomic mass is 16.5. The van der Waals surface area contributed by atoms with E-state index in [4.69, 9.17) is 0 Å². The zero-order valence-electron chi connectivity index (χ0n) is 14.6. The van der Waals surface area contributed by atoms with Crippen molar-refractivity contribution in [1.29, 1.82) is 0 Å². The minimum absolute atomic E-state index is 0.0465. The lowest BCUT2D eigenvalue weighted by Gasteiger charge is -2.06. The predicted molar refractivity (Wildman–Crippen MR) is 93.7 cm³/mol. The number of methoxy groups -OCH3 is 1. The molecule has 0 unspecified atom stereocenters. The monoisotopic (exact) mass is 328 g/mol. The summed E-state index contributed by atoms with van der Waals surface area (Å²) >= 11 is 0. The molecule has 0 saturated heterocycles. The first-order valence-electron chi connectivity index (χ1n) is 7.93. The summed E-state index contributed by atoms with van der Waals surface area (Å²) in [5, 5.41) is 2.76. The van der Waals surface area contributed by atoms with Crippen LogP contribution in [-0.2, 0) is 22.5 Å². The smallest absolute Gasteiger partial charge is 0.339 e. The molecule has 2 rings (SSSR count). The third kappa shape index (κ3) is 6.20. The summed E-state index contributed by atoms with van der Waals surface area (Å²) in [7, 11) is 1.35. The zero-order valence-corrected chi connectivity index (χ0v) is 14.6. The van der Waals surface area contributed by atoms with Crippen LogP contribution in [0.2, 0.25) is 0 Å². The number of benzene rings is 1. The molecule has 0 aliphatic carbocycles. The highest BCUT2D eigenvalue weighted by Crippen LogP contribution is 2.12. The molecule has 0 aliphatic rings. The van der Waals surface area contributed by atoms with Crippen molar-refractivity contribution in [2.75, 3.05) is 7.11 Å². The van der Waals surface area contributed by atoms with Gasteiger partial charge in [-0.3, -0.25) is 9.78 Å². The highest BCUT2D eigenvalue weighted by molar-refractivity contribution is 5.89. The zero-order chi connectivity index (χ0) is 17.9. The number of carbonyl (C=O) groups is 2. The molecule has 5 heteroatoms. The van der Waals surface area contributed by atoms with Crippen LogP contribution in [0.25, 0.3) is 0 Å². The van der Waals surface area contributed by atoms with Crippen molar-refractivity contribution >= 4 is 11.9 Å². The second-order valence-corrected chi connectivity index (χ2v) is 4.98. The number of pyridine rings is 1. The van der Waals surface area contributed by atoms with Crippen molar-refractivity contribution in [3.8, 4) is 0 Å². The molecular weight excluding hydrogens is 304 g/mol. The van der Waals surface area contributed by atoms with Gasteiger partial charge in [0.15, 0.2) is 0 Å². The first-order chi connectivity index (χ1) is 11.6. The Hall–Kier alpha value is -2.69. The van der Waals surface area contributed by atoms with Gasteiger partial charge in [0, 0.05) is 25.9 Å². The Morgan fingerprint density at radius 3 is 2.25 bits per heavy atom. The lowest BCUT2D eigenvalue weighted by atomic mass is 10.0. The molecule has 0 saturated carbocycles. The number of carbonyl (C=O) groups excluding carboxylic acids is 2. The van der Waals surface area contributed by atoms with Gasteiger partial charge in [0.25, 0.3) is 0 Å².